The Bertz CT molecular complexity index is 897. The second-order valence-electron chi connectivity index (χ2n) is 6.77. The molecule has 28 heavy (non-hydrogen) atoms. The fraction of sp³-hybridized carbons (Fsp3) is 0.208. The number of carbonyl (C=O) groups is 1. The summed E-state index contributed by atoms with van der Waals surface area (Å²) in [6, 6.07) is 24.3. The molecule has 4 heteroatoms. The van der Waals surface area contributed by atoms with Gasteiger partial charge in [-0.1, -0.05) is 66.7 Å². The largest absolute Gasteiger partial charge is 0.486 e. The summed E-state index contributed by atoms with van der Waals surface area (Å²) in [4.78, 5) is 14.1. The minimum atomic E-state index is -0.451. The van der Waals surface area contributed by atoms with Gasteiger partial charge >= 0.3 is 0 Å². The van der Waals surface area contributed by atoms with Crippen molar-refractivity contribution in [2.75, 3.05) is 13.6 Å². The first-order valence-corrected chi connectivity index (χ1v) is 9.35. The van der Waals surface area contributed by atoms with Crippen molar-refractivity contribution < 1.29 is 13.9 Å². The number of likely N-dealkylation sites (N-methyl/N-ethyl adjacent to an activating group) is 1. The summed E-state index contributed by atoms with van der Waals surface area (Å²) in [5, 5.41) is 0. The van der Waals surface area contributed by atoms with Crippen LogP contribution in [0.5, 0.6) is 5.75 Å². The number of hydrogen-bond acceptors (Lipinski definition) is 2. The highest BCUT2D eigenvalue weighted by Crippen LogP contribution is 2.20. The van der Waals surface area contributed by atoms with E-state index in [2.05, 4.69) is 0 Å². The fourth-order valence-electron chi connectivity index (χ4n) is 2.88. The number of benzene rings is 3. The molecule has 3 aromatic rings. The molecule has 3 rings (SSSR count). The summed E-state index contributed by atoms with van der Waals surface area (Å²) in [6.45, 7) is 0.932. The number of hydrogen-bond donors (Lipinski definition) is 0. The van der Waals surface area contributed by atoms with Crippen molar-refractivity contribution in [2.24, 2.45) is 0 Å². The van der Waals surface area contributed by atoms with E-state index in [9.17, 15) is 9.18 Å². The summed E-state index contributed by atoms with van der Waals surface area (Å²) in [5.41, 5.74) is 2.80. The van der Waals surface area contributed by atoms with E-state index < -0.39 is 5.82 Å². The number of rotatable bonds is 8. The maximum atomic E-state index is 14.3. The number of nitrogens with zero attached hydrogens (tertiary/aromatic N) is 1. The van der Waals surface area contributed by atoms with Crippen LogP contribution >= 0.6 is 0 Å². The lowest BCUT2D eigenvalue weighted by Gasteiger charge is -2.17. The molecule has 0 spiro atoms. The Morgan fingerprint density at radius 2 is 1.54 bits per heavy atom. The van der Waals surface area contributed by atoms with Gasteiger partial charge in [-0.05, 0) is 35.2 Å². The van der Waals surface area contributed by atoms with Crippen molar-refractivity contribution in [3.8, 4) is 5.75 Å². The van der Waals surface area contributed by atoms with Gasteiger partial charge in [0.05, 0.1) is 6.42 Å². The van der Waals surface area contributed by atoms with Crippen LogP contribution in [-0.4, -0.2) is 24.4 Å². The molecule has 0 aliphatic rings. The Balaban J connectivity index is 1.52. The monoisotopic (exact) mass is 377 g/mol. The van der Waals surface area contributed by atoms with Crippen molar-refractivity contribution in [1.29, 1.82) is 0 Å². The quantitative estimate of drug-likeness (QED) is 0.572. The Kier molecular flexibility index (Phi) is 6.79. The SMILES string of the molecule is CN(CCc1ccccc1)C(=O)Cc1ccc(OCc2ccccc2)c(F)c1. The normalized spacial score (nSPS) is 10.5. The Hall–Kier alpha value is -3.14. The van der Waals surface area contributed by atoms with Gasteiger partial charge in [0.1, 0.15) is 6.61 Å². The van der Waals surface area contributed by atoms with Crippen LogP contribution in [0.25, 0.3) is 0 Å². The lowest BCUT2D eigenvalue weighted by molar-refractivity contribution is -0.129. The third kappa shape index (κ3) is 5.68. The maximum Gasteiger partial charge on any atom is 0.226 e. The van der Waals surface area contributed by atoms with Gasteiger partial charge in [0.2, 0.25) is 5.91 Å². The second-order valence-corrected chi connectivity index (χ2v) is 6.77. The summed E-state index contributed by atoms with van der Waals surface area (Å²) in [7, 11) is 1.78. The molecule has 0 fully saturated rings. The molecular formula is C24H24FNO2. The number of ether oxygens (including phenoxy) is 1. The molecule has 0 saturated heterocycles. The minimum absolute atomic E-state index is 0.0340. The zero-order chi connectivity index (χ0) is 19.8. The first-order chi connectivity index (χ1) is 13.6. The number of halogens is 1. The summed E-state index contributed by atoms with van der Waals surface area (Å²) in [6.07, 6.45) is 0.963. The zero-order valence-electron chi connectivity index (χ0n) is 16.0. The van der Waals surface area contributed by atoms with Crippen molar-refractivity contribution in [3.63, 3.8) is 0 Å². The topological polar surface area (TPSA) is 29.5 Å². The van der Waals surface area contributed by atoms with Gasteiger partial charge in [0, 0.05) is 13.6 Å². The molecule has 0 aliphatic carbocycles. The first kappa shape index (κ1) is 19.6. The van der Waals surface area contributed by atoms with E-state index in [1.807, 2.05) is 60.7 Å². The Morgan fingerprint density at radius 1 is 0.893 bits per heavy atom. The minimum Gasteiger partial charge on any atom is -0.486 e. The number of carbonyl (C=O) groups excluding carboxylic acids is 1. The molecule has 1 amide bonds. The standard InChI is InChI=1S/C24H24FNO2/c1-26(15-14-19-8-4-2-5-9-19)24(27)17-21-12-13-23(22(25)16-21)28-18-20-10-6-3-7-11-20/h2-13,16H,14-15,17-18H2,1H3. The van der Waals surface area contributed by atoms with E-state index in [1.54, 1.807) is 24.1 Å². The van der Waals surface area contributed by atoms with Gasteiger partial charge in [0.25, 0.3) is 0 Å². The van der Waals surface area contributed by atoms with E-state index in [4.69, 9.17) is 4.74 Å². The summed E-state index contributed by atoms with van der Waals surface area (Å²) >= 11 is 0. The number of amides is 1. The fourth-order valence-corrected chi connectivity index (χ4v) is 2.88. The molecule has 0 radical (unpaired) electrons. The molecule has 0 bridgehead atoms. The van der Waals surface area contributed by atoms with Gasteiger partial charge in [-0.2, -0.15) is 0 Å². The maximum absolute atomic E-state index is 14.3. The van der Waals surface area contributed by atoms with Crippen LogP contribution in [0.3, 0.4) is 0 Å². The predicted molar refractivity (Wildman–Crippen MR) is 109 cm³/mol. The first-order valence-electron chi connectivity index (χ1n) is 9.35. The van der Waals surface area contributed by atoms with Gasteiger partial charge in [-0.3, -0.25) is 4.79 Å². The lowest BCUT2D eigenvalue weighted by atomic mass is 10.1. The molecule has 0 atom stereocenters. The second kappa shape index (κ2) is 9.70. The van der Waals surface area contributed by atoms with Crippen LogP contribution in [-0.2, 0) is 24.2 Å². The van der Waals surface area contributed by atoms with Gasteiger partial charge in [-0.15, -0.1) is 0 Å². The van der Waals surface area contributed by atoms with Crippen LogP contribution in [0.1, 0.15) is 16.7 Å². The van der Waals surface area contributed by atoms with Gasteiger partial charge < -0.3 is 9.64 Å². The zero-order valence-corrected chi connectivity index (χ0v) is 16.0. The van der Waals surface area contributed by atoms with E-state index >= 15 is 0 Å². The predicted octanol–water partition coefficient (Wildman–Crippen LogP) is 4.65. The molecule has 0 aromatic heterocycles. The van der Waals surface area contributed by atoms with Crippen LogP contribution in [0.2, 0.25) is 0 Å². The summed E-state index contributed by atoms with van der Waals surface area (Å²) in [5.74, 6) is -0.293. The molecule has 3 nitrogen and oxygen atoms in total. The highest BCUT2D eigenvalue weighted by molar-refractivity contribution is 5.78. The third-order valence-electron chi connectivity index (χ3n) is 4.59. The molecule has 0 N–H and O–H groups in total. The van der Waals surface area contributed by atoms with E-state index in [0.717, 1.165) is 12.0 Å². The molecule has 0 heterocycles. The smallest absolute Gasteiger partial charge is 0.226 e. The average Bonchev–Trinajstić information content (AvgIpc) is 2.73. The van der Waals surface area contributed by atoms with E-state index in [-0.39, 0.29) is 18.1 Å². The average molecular weight is 377 g/mol. The Labute approximate surface area is 165 Å². The molecule has 3 aromatic carbocycles. The third-order valence-corrected chi connectivity index (χ3v) is 4.59. The van der Waals surface area contributed by atoms with Crippen molar-refractivity contribution >= 4 is 5.91 Å². The van der Waals surface area contributed by atoms with Crippen molar-refractivity contribution in [2.45, 2.75) is 19.4 Å². The van der Waals surface area contributed by atoms with Gasteiger partial charge in [-0.25, -0.2) is 4.39 Å². The lowest BCUT2D eigenvalue weighted by Crippen LogP contribution is -2.30. The highest BCUT2D eigenvalue weighted by Gasteiger charge is 2.12. The molecule has 0 unspecified atom stereocenters. The van der Waals surface area contributed by atoms with Crippen molar-refractivity contribution in [1.82, 2.24) is 4.90 Å². The molecular weight excluding hydrogens is 353 g/mol. The Morgan fingerprint density at radius 3 is 2.18 bits per heavy atom. The van der Waals surface area contributed by atoms with Crippen LogP contribution in [0, 0.1) is 5.82 Å². The van der Waals surface area contributed by atoms with E-state index in [1.165, 1.54) is 11.6 Å². The van der Waals surface area contributed by atoms with Gasteiger partial charge in [0.15, 0.2) is 11.6 Å². The van der Waals surface area contributed by atoms with Crippen molar-refractivity contribution in [3.05, 3.63) is 101 Å². The summed E-state index contributed by atoms with van der Waals surface area (Å²) < 4.78 is 19.9. The van der Waals surface area contributed by atoms with Crippen LogP contribution in [0.15, 0.2) is 78.9 Å². The van der Waals surface area contributed by atoms with E-state index in [0.29, 0.717) is 18.7 Å². The highest BCUT2D eigenvalue weighted by atomic mass is 19.1. The molecule has 144 valence electrons. The molecule has 0 aliphatic heterocycles. The molecule has 0 saturated carbocycles. The van der Waals surface area contributed by atoms with Crippen LogP contribution in [0.4, 0.5) is 4.39 Å². The van der Waals surface area contributed by atoms with Crippen LogP contribution < -0.4 is 4.74 Å².